The number of hydrogen-bond donors (Lipinski definition) is 2. The van der Waals surface area contributed by atoms with E-state index in [0.29, 0.717) is 11.5 Å². The highest BCUT2D eigenvalue weighted by Crippen LogP contribution is 2.36. The Balaban J connectivity index is 2.03. The Labute approximate surface area is 135 Å². The van der Waals surface area contributed by atoms with Crippen LogP contribution in [0, 0.1) is 0 Å². The molecule has 0 saturated heterocycles. The summed E-state index contributed by atoms with van der Waals surface area (Å²) in [6, 6.07) is 19.3. The number of nitrogens with zero attached hydrogens (tertiary/aromatic N) is 2. The van der Waals surface area contributed by atoms with Crippen LogP contribution in [0.15, 0.2) is 65.8 Å². The van der Waals surface area contributed by atoms with Gasteiger partial charge in [-0.25, -0.2) is 5.01 Å². The fourth-order valence-corrected chi connectivity index (χ4v) is 2.78. The van der Waals surface area contributed by atoms with Crippen molar-refractivity contribution in [3.8, 4) is 0 Å². The maximum absolute atomic E-state index is 11.2. The third-order valence-corrected chi connectivity index (χ3v) is 4.11. The SMILES string of the molecule is CNC(=S)N1N=C(c2ccccc2)C[C@]1(O)c1ccccc1. The van der Waals surface area contributed by atoms with Gasteiger partial charge >= 0.3 is 0 Å². The van der Waals surface area contributed by atoms with Crippen LogP contribution in [0.2, 0.25) is 0 Å². The van der Waals surface area contributed by atoms with Gasteiger partial charge in [0.05, 0.1) is 5.71 Å². The third-order valence-electron chi connectivity index (χ3n) is 3.73. The van der Waals surface area contributed by atoms with Crippen LogP contribution in [0.3, 0.4) is 0 Å². The molecule has 22 heavy (non-hydrogen) atoms. The van der Waals surface area contributed by atoms with E-state index in [-0.39, 0.29) is 0 Å². The van der Waals surface area contributed by atoms with Gasteiger partial charge in [-0.05, 0) is 17.8 Å². The highest BCUT2D eigenvalue weighted by atomic mass is 32.1. The average molecular weight is 311 g/mol. The lowest BCUT2D eigenvalue weighted by atomic mass is 9.95. The largest absolute Gasteiger partial charge is 0.365 e. The Hall–Kier alpha value is -2.24. The molecule has 1 atom stereocenters. The molecule has 0 unspecified atom stereocenters. The smallest absolute Gasteiger partial charge is 0.192 e. The van der Waals surface area contributed by atoms with Crippen molar-refractivity contribution in [2.24, 2.45) is 5.10 Å². The van der Waals surface area contributed by atoms with Crippen molar-refractivity contribution in [3.63, 3.8) is 0 Å². The van der Waals surface area contributed by atoms with Crippen LogP contribution in [0.4, 0.5) is 0 Å². The maximum Gasteiger partial charge on any atom is 0.192 e. The monoisotopic (exact) mass is 311 g/mol. The molecule has 0 aromatic heterocycles. The molecule has 0 saturated carbocycles. The zero-order chi connectivity index (χ0) is 15.6. The summed E-state index contributed by atoms with van der Waals surface area (Å²) in [5.41, 5.74) is 1.29. The van der Waals surface area contributed by atoms with Gasteiger partial charge < -0.3 is 10.4 Å². The van der Waals surface area contributed by atoms with Crippen LogP contribution < -0.4 is 5.32 Å². The summed E-state index contributed by atoms with van der Waals surface area (Å²) in [6.07, 6.45) is 0.378. The van der Waals surface area contributed by atoms with Crippen molar-refractivity contribution < 1.29 is 5.11 Å². The lowest BCUT2D eigenvalue weighted by Crippen LogP contribution is -2.46. The summed E-state index contributed by atoms with van der Waals surface area (Å²) in [5, 5.41) is 20.6. The molecule has 1 aliphatic heterocycles. The van der Waals surface area contributed by atoms with Crippen LogP contribution in [-0.2, 0) is 5.72 Å². The van der Waals surface area contributed by atoms with Gasteiger partial charge in [0.2, 0.25) is 0 Å². The van der Waals surface area contributed by atoms with Gasteiger partial charge in [0, 0.05) is 19.0 Å². The van der Waals surface area contributed by atoms with Crippen LogP contribution in [0.1, 0.15) is 17.5 Å². The average Bonchev–Trinajstić information content (AvgIpc) is 2.95. The molecule has 0 bridgehead atoms. The molecule has 0 spiro atoms. The lowest BCUT2D eigenvalue weighted by Gasteiger charge is -2.32. The van der Waals surface area contributed by atoms with E-state index in [1.54, 1.807) is 7.05 Å². The zero-order valence-electron chi connectivity index (χ0n) is 12.2. The first kappa shape index (κ1) is 14.7. The molecular weight excluding hydrogens is 294 g/mol. The Kier molecular flexibility index (Phi) is 3.92. The predicted molar refractivity (Wildman–Crippen MR) is 91.4 cm³/mol. The van der Waals surface area contributed by atoms with Gasteiger partial charge in [0.1, 0.15) is 0 Å². The Morgan fingerprint density at radius 2 is 1.73 bits per heavy atom. The number of rotatable bonds is 2. The van der Waals surface area contributed by atoms with Gasteiger partial charge in [-0.15, -0.1) is 0 Å². The number of nitrogens with one attached hydrogen (secondary N) is 1. The van der Waals surface area contributed by atoms with Crippen LogP contribution >= 0.6 is 12.2 Å². The van der Waals surface area contributed by atoms with Crippen molar-refractivity contribution >= 4 is 23.0 Å². The minimum atomic E-state index is -1.27. The first-order valence-corrected chi connectivity index (χ1v) is 7.49. The molecule has 0 radical (unpaired) electrons. The number of hydrogen-bond acceptors (Lipinski definition) is 3. The quantitative estimate of drug-likeness (QED) is 0.837. The van der Waals surface area contributed by atoms with Crippen molar-refractivity contribution in [1.82, 2.24) is 10.3 Å². The van der Waals surface area contributed by atoms with Crippen molar-refractivity contribution in [3.05, 3.63) is 71.8 Å². The van der Waals surface area contributed by atoms with Gasteiger partial charge in [-0.3, -0.25) is 0 Å². The Morgan fingerprint density at radius 1 is 1.14 bits per heavy atom. The van der Waals surface area contributed by atoms with E-state index in [1.807, 2.05) is 60.7 Å². The van der Waals surface area contributed by atoms with Crippen molar-refractivity contribution in [2.45, 2.75) is 12.1 Å². The third kappa shape index (κ3) is 2.49. The molecule has 5 heteroatoms. The van der Waals surface area contributed by atoms with E-state index >= 15 is 0 Å². The molecule has 2 aromatic carbocycles. The van der Waals surface area contributed by atoms with E-state index < -0.39 is 5.72 Å². The minimum Gasteiger partial charge on any atom is -0.365 e. The standard InChI is InChI=1S/C17H17N3OS/c1-18-16(22)20-17(21,14-10-6-3-7-11-14)12-15(19-20)13-8-4-2-5-9-13/h2-11,21H,12H2,1H3,(H,18,22)/t17-/m0/s1. The van der Waals surface area contributed by atoms with Crippen molar-refractivity contribution in [2.75, 3.05) is 7.05 Å². The Morgan fingerprint density at radius 3 is 2.32 bits per heavy atom. The number of thiocarbonyl (C=S) groups is 1. The Bertz CT molecular complexity index is 702. The maximum atomic E-state index is 11.2. The van der Waals surface area contributed by atoms with Crippen LogP contribution in [-0.4, -0.2) is 28.0 Å². The summed E-state index contributed by atoms with van der Waals surface area (Å²) in [6.45, 7) is 0. The number of benzene rings is 2. The lowest BCUT2D eigenvalue weighted by molar-refractivity contribution is -0.0573. The fraction of sp³-hybridized carbons (Fsp3) is 0.176. The summed E-state index contributed by atoms with van der Waals surface area (Å²) in [4.78, 5) is 0. The van der Waals surface area contributed by atoms with E-state index in [2.05, 4.69) is 10.4 Å². The highest BCUT2D eigenvalue weighted by molar-refractivity contribution is 7.80. The number of aliphatic hydroxyl groups is 1. The van der Waals surface area contributed by atoms with Gasteiger partial charge in [0.25, 0.3) is 0 Å². The summed E-state index contributed by atoms with van der Waals surface area (Å²) >= 11 is 5.31. The number of hydrazone groups is 1. The zero-order valence-corrected chi connectivity index (χ0v) is 13.0. The first-order chi connectivity index (χ1) is 10.6. The van der Waals surface area contributed by atoms with E-state index in [0.717, 1.165) is 16.8 Å². The highest BCUT2D eigenvalue weighted by Gasteiger charge is 2.44. The van der Waals surface area contributed by atoms with Gasteiger partial charge in [0.15, 0.2) is 10.8 Å². The molecule has 3 rings (SSSR count). The summed E-state index contributed by atoms with van der Waals surface area (Å²) < 4.78 is 0. The minimum absolute atomic E-state index is 0.378. The van der Waals surface area contributed by atoms with E-state index in [1.165, 1.54) is 5.01 Å². The second-order valence-corrected chi connectivity index (χ2v) is 5.53. The van der Waals surface area contributed by atoms with E-state index in [4.69, 9.17) is 12.2 Å². The summed E-state index contributed by atoms with van der Waals surface area (Å²) in [7, 11) is 1.73. The summed E-state index contributed by atoms with van der Waals surface area (Å²) in [5.74, 6) is 0. The second-order valence-electron chi connectivity index (χ2n) is 5.14. The molecular formula is C17H17N3OS. The molecule has 1 heterocycles. The van der Waals surface area contributed by atoms with Gasteiger partial charge in [-0.2, -0.15) is 5.10 Å². The van der Waals surface area contributed by atoms with Gasteiger partial charge in [-0.1, -0.05) is 60.7 Å². The van der Waals surface area contributed by atoms with Crippen LogP contribution in [0.5, 0.6) is 0 Å². The van der Waals surface area contributed by atoms with E-state index in [9.17, 15) is 5.11 Å². The predicted octanol–water partition coefficient (Wildman–Crippen LogP) is 2.45. The first-order valence-electron chi connectivity index (χ1n) is 7.08. The molecule has 2 N–H and O–H groups in total. The topological polar surface area (TPSA) is 47.9 Å². The molecule has 112 valence electrons. The molecule has 0 fully saturated rings. The molecule has 0 aliphatic carbocycles. The fourth-order valence-electron chi connectivity index (χ4n) is 2.59. The molecule has 1 aliphatic rings. The second kappa shape index (κ2) is 5.87. The molecule has 0 amide bonds. The van der Waals surface area contributed by atoms with Crippen LogP contribution in [0.25, 0.3) is 0 Å². The van der Waals surface area contributed by atoms with Crippen molar-refractivity contribution in [1.29, 1.82) is 0 Å². The molecule has 2 aromatic rings. The normalized spacial score (nSPS) is 20.6. The molecule has 4 nitrogen and oxygen atoms in total.